The Labute approximate surface area is 131 Å². The molecule has 6 nitrogen and oxygen atoms in total. The van der Waals surface area contributed by atoms with E-state index in [1.807, 2.05) is 13.8 Å². The van der Waals surface area contributed by atoms with Gasteiger partial charge in [0.2, 0.25) is 15.9 Å². The molecule has 2 rings (SSSR count). The van der Waals surface area contributed by atoms with Gasteiger partial charge < -0.3 is 10.1 Å². The first-order valence-electron chi connectivity index (χ1n) is 7.44. The number of carbonyl (C=O) groups is 1. The maximum atomic E-state index is 12.5. The maximum absolute atomic E-state index is 12.5. The molecule has 7 heteroatoms. The van der Waals surface area contributed by atoms with E-state index in [0.29, 0.717) is 32.0 Å². The van der Waals surface area contributed by atoms with Gasteiger partial charge in [-0.25, -0.2) is 8.42 Å². The van der Waals surface area contributed by atoms with Gasteiger partial charge in [-0.3, -0.25) is 4.79 Å². The van der Waals surface area contributed by atoms with E-state index in [1.165, 1.54) is 16.4 Å². The lowest BCUT2D eigenvalue weighted by molar-refractivity contribution is -0.119. The number of benzene rings is 1. The van der Waals surface area contributed by atoms with Crippen molar-refractivity contribution < 1.29 is 17.9 Å². The van der Waals surface area contributed by atoms with Crippen LogP contribution in [0.2, 0.25) is 0 Å². The van der Waals surface area contributed by atoms with Gasteiger partial charge in [0.25, 0.3) is 0 Å². The highest BCUT2D eigenvalue weighted by atomic mass is 32.2. The van der Waals surface area contributed by atoms with Crippen molar-refractivity contribution >= 4 is 21.6 Å². The van der Waals surface area contributed by atoms with Crippen molar-refractivity contribution in [2.45, 2.75) is 25.2 Å². The highest BCUT2D eigenvalue weighted by Crippen LogP contribution is 2.20. The number of carbonyl (C=O) groups excluding carboxylic acids is 1. The Hall–Kier alpha value is -1.44. The molecule has 0 bridgehead atoms. The molecule has 1 aliphatic rings. The van der Waals surface area contributed by atoms with E-state index < -0.39 is 10.0 Å². The zero-order valence-electron chi connectivity index (χ0n) is 12.9. The summed E-state index contributed by atoms with van der Waals surface area (Å²) in [5, 5.41) is 2.78. The van der Waals surface area contributed by atoms with E-state index in [0.717, 1.165) is 6.42 Å². The summed E-state index contributed by atoms with van der Waals surface area (Å²) in [6, 6.07) is 6.29. The Bertz CT molecular complexity index is 607. The molecule has 1 fully saturated rings. The van der Waals surface area contributed by atoms with Crippen LogP contribution in [0.4, 0.5) is 5.69 Å². The van der Waals surface area contributed by atoms with Crippen molar-refractivity contribution in [2.75, 3.05) is 31.6 Å². The number of anilines is 1. The summed E-state index contributed by atoms with van der Waals surface area (Å²) in [7, 11) is -3.49. The third-order valence-electron chi connectivity index (χ3n) is 3.79. The van der Waals surface area contributed by atoms with Crippen molar-refractivity contribution in [3.05, 3.63) is 24.3 Å². The molecule has 1 amide bonds. The average molecular weight is 326 g/mol. The summed E-state index contributed by atoms with van der Waals surface area (Å²) in [4.78, 5) is 12.1. The second-order valence-electron chi connectivity index (χ2n) is 5.34. The minimum atomic E-state index is -3.49. The lowest BCUT2D eigenvalue weighted by Crippen LogP contribution is -2.40. The minimum absolute atomic E-state index is 0.0636. The summed E-state index contributed by atoms with van der Waals surface area (Å²) in [5.74, 6) is -0.136. The van der Waals surface area contributed by atoms with Crippen LogP contribution in [0.25, 0.3) is 0 Å². The normalized spacial score (nSPS) is 17.9. The highest BCUT2D eigenvalue weighted by molar-refractivity contribution is 7.89. The fourth-order valence-electron chi connectivity index (χ4n) is 2.10. The number of amides is 1. The first kappa shape index (κ1) is 16.9. The molecule has 1 aromatic rings. The Kier molecular flexibility index (Phi) is 5.55. The second kappa shape index (κ2) is 7.21. The zero-order valence-corrected chi connectivity index (χ0v) is 13.7. The van der Waals surface area contributed by atoms with Crippen molar-refractivity contribution in [2.24, 2.45) is 5.92 Å². The predicted molar refractivity (Wildman–Crippen MR) is 84.1 cm³/mol. The van der Waals surface area contributed by atoms with Crippen LogP contribution in [0.3, 0.4) is 0 Å². The number of hydrogen-bond donors (Lipinski definition) is 1. The van der Waals surface area contributed by atoms with Gasteiger partial charge in [-0.2, -0.15) is 4.31 Å². The van der Waals surface area contributed by atoms with Crippen LogP contribution in [-0.4, -0.2) is 44.9 Å². The van der Waals surface area contributed by atoms with Crippen molar-refractivity contribution in [3.63, 3.8) is 0 Å². The smallest absolute Gasteiger partial charge is 0.243 e. The number of ether oxygens (including phenoxy) is 1. The lowest BCUT2D eigenvalue weighted by Gasteiger charge is -2.26. The summed E-state index contributed by atoms with van der Waals surface area (Å²) in [5.41, 5.74) is 0.603. The Balaban J connectivity index is 2.09. The van der Waals surface area contributed by atoms with Crippen LogP contribution >= 0.6 is 0 Å². The monoisotopic (exact) mass is 326 g/mol. The number of morpholine rings is 1. The van der Waals surface area contributed by atoms with E-state index in [4.69, 9.17) is 4.74 Å². The predicted octanol–water partition coefficient (Wildman–Crippen LogP) is 1.69. The molecular formula is C15H22N2O4S. The third kappa shape index (κ3) is 3.85. The van der Waals surface area contributed by atoms with Gasteiger partial charge in [0.05, 0.1) is 18.1 Å². The topological polar surface area (TPSA) is 75.7 Å². The number of rotatable bonds is 5. The van der Waals surface area contributed by atoms with E-state index in [-0.39, 0.29) is 16.7 Å². The van der Waals surface area contributed by atoms with E-state index in [2.05, 4.69) is 5.32 Å². The standard InChI is InChI=1S/C15H22N2O4S/c1-3-12(2)15(18)16-13-4-6-14(7-5-13)22(19,20)17-8-10-21-11-9-17/h4-7,12H,3,8-11H2,1-2H3,(H,16,18)/t12-/m1/s1. The molecule has 122 valence electrons. The van der Waals surface area contributed by atoms with Crippen molar-refractivity contribution in [3.8, 4) is 0 Å². The van der Waals surface area contributed by atoms with Crippen molar-refractivity contribution in [1.82, 2.24) is 4.31 Å². The third-order valence-corrected chi connectivity index (χ3v) is 5.70. The maximum Gasteiger partial charge on any atom is 0.243 e. The van der Waals surface area contributed by atoms with Crippen LogP contribution < -0.4 is 5.32 Å². The summed E-state index contributed by atoms with van der Waals surface area (Å²) in [6.07, 6.45) is 0.759. The molecule has 0 unspecified atom stereocenters. The quantitative estimate of drug-likeness (QED) is 0.893. The molecule has 0 aromatic heterocycles. The second-order valence-corrected chi connectivity index (χ2v) is 7.28. The van der Waals surface area contributed by atoms with Crippen molar-refractivity contribution in [1.29, 1.82) is 0 Å². The van der Waals surface area contributed by atoms with Gasteiger partial charge >= 0.3 is 0 Å². The van der Waals surface area contributed by atoms with E-state index >= 15 is 0 Å². The van der Waals surface area contributed by atoms with E-state index in [1.54, 1.807) is 12.1 Å². The van der Waals surface area contributed by atoms with Gasteiger partial charge in [-0.15, -0.1) is 0 Å². The first-order valence-corrected chi connectivity index (χ1v) is 8.88. The number of sulfonamides is 1. The summed E-state index contributed by atoms with van der Waals surface area (Å²) >= 11 is 0. The molecule has 22 heavy (non-hydrogen) atoms. The summed E-state index contributed by atoms with van der Waals surface area (Å²) < 4.78 is 31.5. The molecule has 0 radical (unpaired) electrons. The number of nitrogens with zero attached hydrogens (tertiary/aromatic N) is 1. The number of hydrogen-bond acceptors (Lipinski definition) is 4. The van der Waals surface area contributed by atoms with Gasteiger partial charge in [0.15, 0.2) is 0 Å². The van der Waals surface area contributed by atoms with Crippen LogP contribution in [0.5, 0.6) is 0 Å². The van der Waals surface area contributed by atoms with Crippen LogP contribution in [0.1, 0.15) is 20.3 Å². The molecule has 1 aromatic carbocycles. The van der Waals surface area contributed by atoms with Crippen LogP contribution in [-0.2, 0) is 19.6 Å². The highest BCUT2D eigenvalue weighted by Gasteiger charge is 2.26. The van der Waals surface area contributed by atoms with Crippen LogP contribution in [0.15, 0.2) is 29.2 Å². The fourth-order valence-corrected chi connectivity index (χ4v) is 3.51. The zero-order chi connectivity index (χ0) is 16.2. The van der Waals surface area contributed by atoms with Crippen LogP contribution in [0, 0.1) is 5.92 Å². The number of nitrogens with one attached hydrogen (secondary N) is 1. The van der Waals surface area contributed by atoms with Gasteiger partial charge in [-0.1, -0.05) is 13.8 Å². The molecule has 1 N–H and O–H groups in total. The van der Waals surface area contributed by atoms with Gasteiger partial charge in [-0.05, 0) is 30.7 Å². The van der Waals surface area contributed by atoms with Gasteiger partial charge in [0, 0.05) is 24.7 Å². The molecule has 0 spiro atoms. The Morgan fingerprint density at radius 1 is 1.27 bits per heavy atom. The molecular weight excluding hydrogens is 304 g/mol. The fraction of sp³-hybridized carbons (Fsp3) is 0.533. The largest absolute Gasteiger partial charge is 0.379 e. The molecule has 0 saturated carbocycles. The SMILES string of the molecule is CC[C@@H](C)C(=O)Nc1ccc(S(=O)(=O)N2CCOCC2)cc1. The molecule has 1 aliphatic heterocycles. The average Bonchev–Trinajstić information content (AvgIpc) is 2.55. The Morgan fingerprint density at radius 2 is 1.86 bits per heavy atom. The van der Waals surface area contributed by atoms with E-state index in [9.17, 15) is 13.2 Å². The first-order chi connectivity index (χ1) is 10.4. The minimum Gasteiger partial charge on any atom is -0.379 e. The lowest BCUT2D eigenvalue weighted by atomic mass is 10.1. The van der Waals surface area contributed by atoms with Gasteiger partial charge in [0.1, 0.15) is 0 Å². The summed E-state index contributed by atoms with van der Waals surface area (Å²) in [6.45, 7) is 5.38. The Morgan fingerprint density at radius 3 is 2.41 bits per heavy atom. The molecule has 1 heterocycles. The molecule has 1 atom stereocenters. The molecule has 0 aliphatic carbocycles. The molecule has 1 saturated heterocycles.